The minimum absolute atomic E-state index is 0. The Kier molecular flexibility index (Phi) is 4.78. The summed E-state index contributed by atoms with van der Waals surface area (Å²) in [5.74, 6) is 0.821. The number of hydrogen-bond acceptors (Lipinski definition) is 2. The van der Waals surface area contributed by atoms with Crippen LogP contribution in [0.5, 0.6) is 5.75 Å². The standard InChI is InChI=1S/C13H18FNO.ClH/c1-13(9-11(14)6-7-15-13)10-4-3-5-12(8-10)16-2;/h3-5,8,11,15H,6-7,9H2,1-2H3;1H. The first-order valence-electron chi connectivity index (χ1n) is 5.68. The van der Waals surface area contributed by atoms with Gasteiger partial charge >= 0.3 is 0 Å². The highest BCUT2D eigenvalue weighted by atomic mass is 35.5. The molecule has 1 saturated heterocycles. The summed E-state index contributed by atoms with van der Waals surface area (Å²) in [6, 6.07) is 7.85. The number of hydrogen-bond donors (Lipinski definition) is 1. The van der Waals surface area contributed by atoms with Gasteiger partial charge in [-0.15, -0.1) is 12.4 Å². The van der Waals surface area contributed by atoms with Crippen LogP contribution in [0.2, 0.25) is 0 Å². The van der Waals surface area contributed by atoms with Gasteiger partial charge in [0.2, 0.25) is 0 Å². The highest BCUT2D eigenvalue weighted by molar-refractivity contribution is 5.85. The second-order valence-corrected chi connectivity index (χ2v) is 4.58. The van der Waals surface area contributed by atoms with E-state index in [0.717, 1.165) is 17.9 Å². The number of alkyl halides is 1. The average Bonchev–Trinajstić information content (AvgIpc) is 2.29. The van der Waals surface area contributed by atoms with Gasteiger partial charge in [-0.25, -0.2) is 4.39 Å². The molecule has 0 saturated carbocycles. The molecule has 0 amide bonds. The summed E-state index contributed by atoms with van der Waals surface area (Å²) in [5, 5.41) is 3.40. The third-order valence-electron chi connectivity index (χ3n) is 3.31. The fourth-order valence-corrected chi connectivity index (χ4v) is 2.31. The molecular weight excluding hydrogens is 241 g/mol. The molecule has 1 aliphatic heterocycles. The fraction of sp³-hybridized carbons (Fsp3) is 0.538. The Bertz CT molecular complexity index is 374. The molecule has 96 valence electrons. The van der Waals surface area contributed by atoms with Crippen LogP contribution in [-0.4, -0.2) is 19.8 Å². The lowest BCUT2D eigenvalue weighted by Gasteiger charge is -2.37. The van der Waals surface area contributed by atoms with Crippen LogP contribution in [0.1, 0.15) is 25.3 Å². The molecule has 0 aromatic heterocycles. The second kappa shape index (κ2) is 5.69. The predicted molar refractivity (Wildman–Crippen MR) is 69.7 cm³/mol. The third-order valence-corrected chi connectivity index (χ3v) is 3.31. The van der Waals surface area contributed by atoms with Gasteiger partial charge in [-0.3, -0.25) is 0 Å². The first-order chi connectivity index (χ1) is 7.64. The van der Waals surface area contributed by atoms with Gasteiger partial charge in [0.25, 0.3) is 0 Å². The van der Waals surface area contributed by atoms with Gasteiger partial charge in [0, 0.05) is 12.0 Å². The van der Waals surface area contributed by atoms with E-state index in [1.54, 1.807) is 7.11 Å². The van der Waals surface area contributed by atoms with Gasteiger partial charge in [0.1, 0.15) is 11.9 Å². The van der Waals surface area contributed by atoms with Crippen molar-refractivity contribution in [3.05, 3.63) is 29.8 Å². The lowest BCUT2D eigenvalue weighted by Crippen LogP contribution is -2.46. The van der Waals surface area contributed by atoms with E-state index in [0.29, 0.717) is 12.8 Å². The van der Waals surface area contributed by atoms with Gasteiger partial charge in [-0.1, -0.05) is 12.1 Å². The van der Waals surface area contributed by atoms with E-state index in [2.05, 4.69) is 5.32 Å². The minimum Gasteiger partial charge on any atom is -0.497 e. The normalized spacial score (nSPS) is 28.3. The zero-order chi connectivity index (χ0) is 11.6. The van der Waals surface area contributed by atoms with E-state index in [4.69, 9.17) is 4.74 Å². The summed E-state index contributed by atoms with van der Waals surface area (Å²) < 4.78 is 18.7. The van der Waals surface area contributed by atoms with Crippen molar-refractivity contribution in [1.82, 2.24) is 5.32 Å². The van der Waals surface area contributed by atoms with E-state index in [1.165, 1.54) is 0 Å². The van der Waals surface area contributed by atoms with Crippen molar-refractivity contribution in [2.75, 3.05) is 13.7 Å². The lowest BCUT2D eigenvalue weighted by molar-refractivity contribution is 0.165. The van der Waals surface area contributed by atoms with Gasteiger partial charge in [0.15, 0.2) is 0 Å². The van der Waals surface area contributed by atoms with Crippen molar-refractivity contribution >= 4 is 12.4 Å². The molecule has 0 bridgehead atoms. The van der Waals surface area contributed by atoms with Crippen LogP contribution in [-0.2, 0) is 5.54 Å². The molecule has 1 N–H and O–H groups in total. The number of methoxy groups -OCH3 is 1. The fourth-order valence-electron chi connectivity index (χ4n) is 2.31. The number of piperidine rings is 1. The zero-order valence-corrected chi connectivity index (χ0v) is 11.0. The Morgan fingerprint density at radius 1 is 1.47 bits per heavy atom. The van der Waals surface area contributed by atoms with Gasteiger partial charge in [-0.2, -0.15) is 0 Å². The zero-order valence-electron chi connectivity index (χ0n) is 10.2. The van der Waals surface area contributed by atoms with Crippen LogP contribution in [0.4, 0.5) is 4.39 Å². The van der Waals surface area contributed by atoms with E-state index in [1.807, 2.05) is 31.2 Å². The summed E-state index contributed by atoms with van der Waals surface area (Å²) in [6.07, 6.45) is 0.428. The highest BCUT2D eigenvalue weighted by Gasteiger charge is 2.33. The van der Waals surface area contributed by atoms with Crippen molar-refractivity contribution in [2.45, 2.75) is 31.5 Å². The first kappa shape index (κ1) is 14.3. The molecule has 1 aromatic carbocycles. The molecule has 1 fully saturated rings. The Hall–Kier alpha value is -0.800. The van der Waals surface area contributed by atoms with Gasteiger partial charge < -0.3 is 10.1 Å². The number of rotatable bonds is 2. The molecule has 2 unspecified atom stereocenters. The molecule has 2 rings (SSSR count). The molecule has 1 aliphatic rings. The summed E-state index contributed by atoms with van der Waals surface area (Å²) in [7, 11) is 1.65. The van der Waals surface area contributed by atoms with Crippen molar-refractivity contribution in [3.8, 4) is 5.75 Å². The lowest BCUT2D eigenvalue weighted by atomic mass is 9.83. The quantitative estimate of drug-likeness (QED) is 0.882. The summed E-state index contributed by atoms with van der Waals surface area (Å²) in [5.41, 5.74) is 0.820. The second-order valence-electron chi connectivity index (χ2n) is 4.58. The molecule has 1 aromatic rings. The van der Waals surface area contributed by atoms with Crippen LogP contribution in [0.25, 0.3) is 0 Å². The largest absolute Gasteiger partial charge is 0.497 e. The molecule has 4 heteroatoms. The highest BCUT2D eigenvalue weighted by Crippen LogP contribution is 2.32. The molecular formula is C13H19ClFNO. The van der Waals surface area contributed by atoms with E-state index in [9.17, 15) is 4.39 Å². The average molecular weight is 260 g/mol. The number of benzene rings is 1. The summed E-state index contributed by atoms with van der Waals surface area (Å²) in [6.45, 7) is 2.78. The van der Waals surface area contributed by atoms with Crippen LogP contribution in [0.3, 0.4) is 0 Å². The Labute approximate surface area is 108 Å². The topological polar surface area (TPSA) is 21.3 Å². The maximum atomic E-state index is 13.5. The molecule has 1 heterocycles. The molecule has 2 atom stereocenters. The maximum Gasteiger partial charge on any atom is 0.119 e. The monoisotopic (exact) mass is 259 g/mol. The summed E-state index contributed by atoms with van der Waals surface area (Å²) >= 11 is 0. The van der Waals surface area contributed by atoms with Crippen molar-refractivity contribution in [2.24, 2.45) is 0 Å². The number of nitrogens with one attached hydrogen (secondary N) is 1. The molecule has 0 aliphatic carbocycles. The summed E-state index contributed by atoms with van der Waals surface area (Å²) in [4.78, 5) is 0. The minimum atomic E-state index is -0.711. The van der Waals surface area contributed by atoms with E-state index >= 15 is 0 Å². The molecule has 17 heavy (non-hydrogen) atoms. The van der Waals surface area contributed by atoms with Crippen LogP contribution < -0.4 is 10.1 Å². The van der Waals surface area contributed by atoms with Crippen LogP contribution >= 0.6 is 12.4 Å². The van der Waals surface area contributed by atoms with Crippen molar-refractivity contribution in [3.63, 3.8) is 0 Å². The number of halogens is 2. The molecule has 0 spiro atoms. The molecule has 2 nitrogen and oxygen atoms in total. The Morgan fingerprint density at radius 3 is 2.88 bits per heavy atom. The van der Waals surface area contributed by atoms with Gasteiger partial charge in [0.05, 0.1) is 7.11 Å². The SMILES string of the molecule is COc1cccc(C2(C)CC(F)CCN2)c1.Cl. The third kappa shape index (κ3) is 3.11. The Balaban J connectivity index is 0.00000144. The smallest absolute Gasteiger partial charge is 0.119 e. The Morgan fingerprint density at radius 2 is 2.24 bits per heavy atom. The van der Waals surface area contributed by atoms with Crippen LogP contribution in [0, 0.1) is 0 Å². The van der Waals surface area contributed by atoms with Gasteiger partial charge in [-0.05, 0) is 37.6 Å². The molecule has 0 radical (unpaired) electrons. The van der Waals surface area contributed by atoms with Crippen LogP contribution in [0.15, 0.2) is 24.3 Å². The van der Waals surface area contributed by atoms with E-state index < -0.39 is 6.17 Å². The predicted octanol–water partition coefficient (Wildman–Crippen LogP) is 3.05. The van der Waals surface area contributed by atoms with Crippen molar-refractivity contribution in [1.29, 1.82) is 0 Å². The number of ether oxygens (including phenoxy) is 1. The van der Waals surface area contributed by atoms with E-state index in [-0.39, 0.29) is 17.9 Å². The first-order valence-corrected chi connectivity index (χ1v) is 5.68. The van der Waals surface area contributed by atoms with Crippen molar-refractivity contribution < 1.29 is 9.13 Å². The maximum absolute atomic E-state index is 13.5.